The molecule has 0 aliphatic carbocycles. The van der Waals surface area contributed by atoms with E-state index in [9.17, 15) is 18.0 Å². The van der Waals surface area contributed by atoms with Gasteiger partial charge < -0.3 is 30.2 Å². The van der Waals surface area contributed by atoms with Gasteiger partial charge in [-0.15, -0.1) is 0 Å². The quantitative estimate of drug-likeness (QED) is 0.199. The van der Waals surface area contributed by atoms with Crippen molar-refractivity contribution in [3.63, 3.8) is 0 Å². The number of rotatable bonds is 14. The minimum atomic E-state index is -4.56. The van der Waals surface area contributed by atoms with Crippen molar-refractivity contribution in [3.05, 3.63) is 66.7 Å². The first-order valence-corrected chi connectivity index (χ1v) is 11.5. The zero-order chi connectivity index (χ0) is 27.4. The summed E-state index contributed by atoms with van der Waals surface area (Å²) < 4.78 is 53.1. The molecule has 38 heavy (non-hydrogen) atoms. The van der Waals surface area contributed by atoms with Crippen molar-refractivity contribution in [1.82, 2.24) is 15.0 Å². The molecule has 2 aromatic carbocycles. The molecule has 0 saturated carbocycles. The zero-order valence-corrected chi connectivity index (χ0v) is 20.5. The van der Waals surface area contributed by atoms with Gasteiger partial charge in [0.25, 0.3) is 0 Å². The van der Waals surface area contributed by atoms with E-state index < -0.39 is 18.8 Å². The first-order valence-electron chi connectivity index (χ1n) is 11.5. The van der Waals surface area contributed by atoms with Crippen molar-refractivity contribution in [2.24, 2.45) is 0 Å². The van der Waals surface area contributed by atoms with Crippen LogP contribution in [0.3, 0.4) is 0 Å². The van der Waals surface area contributed by atoms with Gasteiger partial charge in [-0.05, 0) is 48.9 Å². The fraction of sp³-hybridized carbons (Fsp3) is 0.280. The summed E-state index contributed by atoms with van der Waals surface area (Å²) in [6, 6.07) is 13.5. The molecule has 3 rings (SSSR count). The number of anilines is 4. The van der Waals surface area contributed by atoms with Crippen molar-refractivity contribution in [3.8, 4) is 11.8 Å². The van der Waals surface area contributed by atoms with Crippen molar-refractivity contribution in [1.29, 1.82) is 0 Å². The molecule has 0 amide bonds. The number of ether oxygens (including phenoxy) is 3. The average Bonchev–Trinajstić information content (AvgIpc) is 2.89. The SMILES string of the molecule is C=CCOc1ccc(CNc2nc(Nc3ccc(NCC(=O)OCC)cc3)nc(OCC(F)(F)F)n2)cc1. The molecule has 0 fully saturated rings. The Morgan fingerprint density at radius 2 is 1.63 bits per heavy atom. The molecule has 0 unspecified atom stereocenters. The normalized spacial score (nSPS) is 10.8. The van der Waals surface area contributed by atoms with Gasteiger partial charge in [0, 0.05) is 17.9 Å². The smallest absolute Gasteiger partial charge is 0.422 e. The number of carbonyl (C=O) groups is 1. The van der Waals surface area contributed by atoms with Crippen LogP contribution in [0.1, 0.15) is 12.5 Å². The number of carbonyl (C=O) groups excluding carboxylic acids is 1. The second kappa shape index (κ2) is 13.7. The molecule has 3 aromatic rings. The Hall–Kier alpha value is -4.55. The third kappa shape index (κ3) is 9.84. The number of hydrogen-bond acceptors (Lipinski definition) is 10. The predicted octanol–water partition coefficient (Wildman–Crippen LogP) is 4.71. The fourth-order valence-corrected chi connectivity index (χ4v) is 2.93. The number of hydrogen-bond donors (Lipinski definition) is 3. The minimum Gasteiger partial charge on any atom is -0.490 e. The minimum absolute atomic E-state index is 0.00753. The summed E-state index contributed by atoms with van der Waals surface area (Å²) in [6.07, 6.45) is -2.92. The Labute approximate surface area is 217 Å². The monoisotopic (exact) mass is 532 g/mol. The third-order valence-corrected chi connectivity index (χ3v) is 4.60. The summed E-state index contributed by atoms with van der Waals surface area (Å²) in [6.45, 7) is 4.72. The summed E-state index contributed by atoms with van der Waals surface area (Å²) in [4.78, 5) is 23.6. The van der Waals surface area contributed by atoms with E-state index in [4.69, 9.17) is 14.2 Å². The van der Waals surface area contributed by atoms with Crippen molar-refractivity contribution in [2.75, 3.05) is 42.3 Å². The number of benzene rings is 2. The van der Waals surface area contributed by atoms with Gasteiger partial charge in [-0.3, -0.25) is 4.79 Å². The molecular formula is C25H27F3N6O4. The predicted molar refractivity (Wildman–Crippen MR) is 136 cm³/mol. The van der Waals surface area contributed by atoms with E-state index in [0.29, 0.717) is 23.7 Å². The highest BCUT2D eigenvalue weighted by Crippen LogP contribution is 2.21. The van der Waals surface area contributed by atoms with Crippen LogP contribution in [0.2, 0.25) is 0 Å². The van der Waals surface area contributed by atoms with Crippen LogP contribution in [0, 0.1) is 0 Å². The number of halogens is 3. The van der Waals surface area contributed by atoms with Crippen molar-refractivity contribution in [2.45, 2.75) is 19.6 Å². The summed E-state index contributed by atoms with van der Waals surface area (Å²) in [5.41, 5.74) is 2.06. The van der Waals surface area contributed by atoms with E-state index in [1.165, 1.54) is 0 Å². The van der Waals surface area contributed by atoms with Crippen molar-refractivity contribution >= 4 is 29.2 Å². The van der Waals surface area contributed by atoms with Crippen LogP contribution in [0.25, 0.3) is 0 Å². The van der Waals surface area contributed by atoms with Gasteiger partial charge in [0.2, 0.25) is 11.9 Å². The van der Waals surface area contributed by atoms with Crippen LogP contribution >= 0.6 is 0 Å². The number of esters is 1. The average molecular weight is 533 g/mol. The maximum Gasteiger partial charge on any atom is 0.422 e. The lowest BCUT2D eigenvalue weighted by atomic mass is 10.2. The first kappa shape index (κ1) is 28.0. The van der Waals surface area contributed by atoms with Gasteiger partial charge in [0.15, 0.2) is 6.61 Å². The molecule has 0 aliphatic heterocycles. The lowest BCUT2D eigenvalue weighted by molar-refractivity contribution is -0.154. The van der Waals surface area contributed by atoms with Crippen LogP contribution in [0.15, 0.2) is 61.2 Å². The lowest BCUT2D eigenvalue weighted by Crippen LogP contribution is -2.21. The molecule has 0 radical (unpaired) electrons. The summed E-state index contributed by atoms with van der Waals surface area (Å²) in [5.74, 6) is 0.271. The van der Waals surface area contributed by atoms with E-state index in [1.807, 2.05) is 12.1 Å². The lowest BCUT2D eigenvalue weighted by Gasteiger charge is -2.12. The molecule has 0 bridgehead atoms. The van der Waals surface area contributed by atoms with Gasteiger partial charge >= 0.3 is 18.2 Å². The number of alkyl halides is 3. The number of nitrogens with one attached hydrogen (secondary N) is 3. The van der Waals surface area contributed by atoms with Crippen LogP contribution in [-0.4, -0.2) is 53.5 Å². The highest BCUT2D eigenvalue weighted by molar-refractivity contribution is 5.75. The second-order valence-corrected chi connectivity index (χ2v) is 7.63. The second-order valence-electron chi connectivity index (χ2n) is 7.63. The standard InChI is InChI=1S/C25H27F3N6O4/c1-3-13-37-20-11-5-17(6-12-20)14-30-22-32-23(34-24(33-22)38-16-25(26,27)28)31-19-9-7-18(8-10-19)29-15-21(35)36-4-2/h3,5-12,29H,1,4,13-16H2,2H3,(H2,30,31,32,33,34). The molecule has 0 aliphatic rings. The molecule has 1 heterocycles. The molecule has 0 saturated heterocycles. The van der Waals surface area contributed by atoms with E-state index in [1.54, 1.807) is 49.4 Å². The Morgan fingerprint density at radius 1 is 0.947 bits per heavy atom. The van der Waals surface area contributed by atoms with E-state index >= 15 is 0 Å². The summed E-state index contributed by atoms with van der Waals surface area (Å²) >= 11 is 0. The van der Waals surface area contributed by atoms with Crippen LogP contribution in [0.4, 0.5) is 36.4 Å². The number of aromatic nitrogens is 3. The van der Waals surface area contributed by atoms with Gasteiger partial charge in [-0.1, -0.05) is 24.8 Å². The fourth-order valence-electron chi connectivity index (χ4n) is 2.93. The largest absolute Gasteiger partial charge is 0.490 e. The van der Waals surface area contributed by atoms with E-state index in [2.05, 4.69) is 37.5 Å². The molecule has 0 atom stereocenters. The van der Waals surface area contributed by atoms with Crippen LogP contribution in [0.5, 0.6) is 11.8 Å². The number of nitrogens with zero attached hydrogens (tertiary/aromatic N) is 3. The van der Waals surface area contributed by atoms with Gasteiger partial charge in [-0.25, -0.2) is 0 Å². The van der Waals surface area contributed by atoms with Crippen LogP contribution in [-0.2, 0) is 16.1 Å². The highest BCUT2D eigenvalue weighted by Gasteiger charge is 2.29. The molecule has 202 valence electrons. The molecule has 1 aromatic heterocycles. The highest BCUT2D eigenvalue weighted by atomic mass is 19.4. The van der Waals surface area contributed by atoms with Gasteiger partial charge in [-0.2, -0.15) is 28.1 Å². The maximum absolute atomic E-state index is 12.7. The summed E-state index contributed by atoms with van der Waals surface area (Å²) in [7, 11) is 0. The first-order chi connectivity index (χ1) is 18.2. The molecule has 10 nitrogen and oxygen atoms in total. The van der Waals surface area contributed by atoms with E-state index in [-0.39, 0.29) is 37.6 Å². The molecule has 0 spiro atoms. The van der Waals surface area contributed by atoms with Crippen molar-refractivity contribution < 1.29 is 32.2 Å². The van der Waals surface area contributed by atoms with Gasteiger partial charge in [0.1, 0.15) is 18.9 Å². The third-order valence-electron chi connectivity index (χ3n) is 4.60. The Morgan fingerprint density at radius 3 is 2.29 bits per heavy atom. The Balaban J connectivity index is 1.69. The van der Waals surface area contributed by atoms with E-state index in [0.717, 1.165) is 5.56 Å². The van der Waals surface area contributed by atoms with Crippen LogP contribution < -0.4 is 25.4 Å². The zero-order valence-electron chi connectivity index (χ0n) is 20.5. The Bertz CT molecular complexity index is 1190. The van der Waals surface area contributed by atoms with Gasteiger partial charge in [0.05, 0.1) is 6.61 Å². The Kier molecular flexibility index (Phi) is 10.1. The molecule has 3 N–H and O–H groups in total. The molecule has 13 heteroatoms. The summed E-state index contributed by atoms with van der Waals surface area (Å²) in [5, 5.41) is 8.79. The maximum atomic E-state index is 12.7. The topological polar surface area (TPSA) is 120 Å². The molecular weight excluding hydrogens is 505 g/mol.